The van der Waals surface area contributed by atoms with Crippen LogP contribution in [0.3, 0.4) is 0 Å². The summed E-state index contributed by atoms with van der Waals surface area (Å²) in [6, 6.07) is 8.79. The third-order valence-electron chi connectivity index (χ3n) is 3.06. The zero-order valence-corrected chi connectivity index (χ0v) is 9.93. The van der Waals surface area contributed by atoms with Crippen LogP contribution in [0.25, 0.3) is 0 Å². The Morgan fingerprint density at radius 3 is 2.73 bits per heavy atom. The van der Waals surface area contributed by atoms with Crippen molar-refractivity contribution in [3.05, 3.63) is 34.9 Å². The van der Waals surface area contributed by atoms with Crippen molar-refractivity contribution in [2.75, 3.05) is 6.54 Å². The average Bonchev–Trinajstić information content (AvgIpc) is 3.04. The van der Waals surface area contributed by atoms with Gasteiger partial charge in [0.15, 0.2) is 0 Å². The molecule has 1 aliphatic carbocycles. The molecule has 0 heterocycles. The Labute approximate surface area is 96.8 Å². The molecule has 82 valence electrons. The molecule has 1 aliphatic rings. The van der Waals surface area contributed by atoms with Crippen LogP contribution in [-0.2, 0) is 6.42 Å². The van der Waals surface area contributed by atoms with Crippen molar-refractivity contribution in [3.8, 4) is 0 Å². The van der Waals surface area contributed by atoms with Crippen LogP contribution in [0, 0.1) is 5.92 Å². The monoisotopic (exact) mass is 223 g/mol. The number of hydrogen-bond acceptors (Lipinski definition) is 1. The fourth-order valence-electron chi connectivity index (χ4n) is 2.07. The maximum Gasteiger partial charge on any atom is 0.0438 e. The Kier molecular flexibility index (Phi) is 3.66. The molecule has 1 unspecified atom stereocenters. The molecule has 0 spiro atoms. The van der Waals surface area contributed by atoms with Gasteiger partial charge in [-0.25, -0.2) is 0 Å². The summed E-state index contributed by atoms with van der Waals surface area (Å²) < 4.78 is 0. The highest BCUT2D eigenvalue weighted by molar-refractivity contribution is 6.31. The average molecular weight is 224 g/mol. The van der Waals surface area contributed by atoms with Crippen LogP contribution in [0.1, 0.15) is 25.3 Å². The lowest BCUT2D eigenvalue weighted by molar-refractivity contribution is 0.472. The number of benzene rings is 1. The van der Waals surface area contributed by atoms with Gasteiger partial charge in [-0.1, -0.05) is 36.7 Å². The van der Waals surface area contributed by atoms with Gasteiger partial charge in [-0.2, -0.15) is 0 Å². The second-order valence-electron chi connectivity index (χ2n) is 4.30. The lowest BCUT2D eigenvalue weighted by atomic mass is 10.0. The second-order valence-corrected chi connectivity index (χ2v) is 4.70. The molecule has 1 nitrogen and oxygen atoms in total. The van der Waals surface area contributed by atoms with Gasteiger partial charge in [0.25, 0.3) is 0 Å². The summed E-state index contributed by atoms with van der Waals surface area (Å²) in [4.78, 5) is 0. The van der Waals surface area contributed by atoms with Crippen LogP contribution in [0.4, 0.5) is 0 Å². The van der Waals surface area contributed by atoms with E-state index in [4.69, 9.17) is 11.6 Å². The molecule has 2 rings (SSSR count). The van der Waals surface area contributed by atoms with E-state index in [0.717, 1.165) is 23.9 Å². The van der Waals surface area contributed by atoms with E-state index < -0.39 is 0 Å². The predicted molar refractivity (Wildman–Crippen MR) is 65.3 cm³/mol. The second kappa shape index (κ2) is 5.00. The van der Waals surface area contributed by atoms with Crippen LogP contribution in [-0.4, -0.2) is 12.6 Å². The molecule has 1 fully saturated rings. The lowest BCUT2D eigenvalue weighted by Crippen LogP contribution is -2.32. The first-order valence-corrected chi connectivity index (χ1v) is 6.16. The molecule has 1 atom stereocenters. The molecule has 1 aromatic rings. The zero-order chi connectivity index (χ0) is 10.7. The summed E-state index contributed by atoms with van der Waals surface area (Å²) in [5, 5.41) is 4.47. The highest BCUT2D eigenvalue weighted by atomic mass is 35.5. The molecule has 2 heteroatoms. The number of hydrogen-bond donors (Lipinski definition) is 1. The molecule has 0 amide bonds. The van der Waals surface area contributed by atoms with Crippen LogP contribution in [0.15, 0.2) is 24.3 Å². The van der Waals surface area contributed by atoms with Gasteiger partial charge in [-0.3, -0.25) is 0 Å². The minimum Gasteiger partial charge on any atom is -0.314 e. The third kappa shape index (κ3) is 2.96. The van der Waals surface area contributed by atoms with E-state index in [1.807, 2.05) is 12.1 Å². The van der Waals surface area contributed by atoms with E-state index >= 15 is 0 Å². The van der Waals surface area contributed by atoms with Gasteiger partial charge >= 0.3 is 0 Å². The summed E-state index contributed by atoms with van der Waals surface area (Å²) in [7, 11) is 0. The summed E-state index contributed by atoms with van der Waals surface area (Å²) in [5.41, 5.74) is 1.28. The van der Waals surface area contributed by atoms with E-state index in [2.05, 4.69) is 24.4 Å². The van der Waals surface area contributed by atoms with Crippen molar-refractivity contribution in [1.82, 2.24) is 5.32 Å². The highest BCUT2D eigenvalue weighted by Gasteiger charge is 2.30. The standard InChI is InChI=1S/C13H18ClN/c1-2-15-13(10-7-8-10)9-11-5-3-4-6-12(11)14/h3-6,10,13,15H,2,7-9H2,1H3. The van der Waals surface area contributed by atoms with Gasteiger partial charge in [0.1, 0.15) is 0 Å². The van der Waals surface area contributed by atoms with Gasteiger partial charge in [-0.15, -0.1) is 0 Å². The minimum absolute atomic E-state index is 0.620. The van der Waals surface area contributed by atoms with Crippen molar-refractivity contribution in [3.63, 3.8) is 0 Å². The van der Waals surface area contributed by atoms with Crippen LogP contribution in [0.2, 0.25) is 5.02 Å². The van der Waals surface area contributed by atoms with Crippen molar-refractivity contribution in [2.45, 2.75) is 32.2 Å². The summed E-state index contributed by atoms with van der Waals surface area (Å²) >= 11 is 6.17. The highest BCUT2D eigenvalue weighted by Crippen LogP contribution is 2.34. The van der Waals surface area contributed by atoms with E-state index in [1.54, 1.807) is 0 Å². The molecular formula is C13H18ClN. The summed E-state index contributed by atoms with van der Waals surface area (Å²) in [5.74, 6) is 0.876. The van der Waals surface area contributed by atoms with Gasteiger partial charge in [0, 0.05) is 11.1 Å². The molecule has 0 bridgehead atoms. The Morgan fingerprint density at radius 2 is 2.13 bits per heavy atom. The maximum atomic E-state index is 6.17. The first-order valence-electron chi connectivity index (χ1n) is 5.78. The summed E-state index contributed by atoms with van der Waals surface area (Å²) in [6.45, 7) is 3.22. The van der Waals surface area contributed by atoms with Gasteiger partial charge in [-0.05, 0) is 43.4 Å². The number of halogens is 1. The Hall–Kier alpha value is -0.530. The Morgan fingerprint density at radius 1 is 1.40 bits per heavy atom. The molecule has 0 radical (unpaired) electrons. The normalized spacial score (nSPS) is 17.7. The minimum atomic E-state index is 0.620. The Balaban J connectivity index is 2.02. The van der Waals surface area contributed by atoms with Crippen LogP contribution < -0.4 is 5.32 Å². The first kappa shape index (κ1) is 11.0. The van der Waals surface area contributed by atoms with Crippen molar-refractivity contribution >= 4 is 11.6 Å². The predicted octanol–water partition coefficient (Wildman–Crippen LogP) is 3.27. The van der Waals surface area contributed by atoms with Gasteiger partial charge in [0.2, 0.25) is 0 Å². The molecule has 0 aliphatic heterocycles. The van der Waals surface area contributed by atoms with E-state index in [0.29, 0.717) is 6.04 Å². The van der Waals surface area contributed by atoms with Crippen molar-refractivity contribution in [2.24, 2.45) is 5.92 Å². The quantitative estimate of drug-likeness (QED) is 0.808. The number of likely N-dealkylation sites (N-methyl/N-ethyl adjacent to an activating group) is 1. The van der Waals surface area contributed by atoms with Crippen LogP contribution >= 0.6 is 11.6 Å². The van der Waals surface area contributed by atoms with E-state index in [9.17, 15) is 0 Å². The molecule has 15 heavy (non-hydrogen) atoms. The SMILES string of the molecule is CCNC(Cc1ccccc1Cl)C1CC1. The van der Waals surface area contributed by atoms with Crippen molar-refractivity contribution < 1.29 is 0 Å². The lowest BCUT2D eigenvalue weighted by Gasteiger charge is -2.17. The fourth-order valence-corrected chi connectivity index (χ4v) is 2.28. The third-order valence-corrected chi connectivity index (χ3v) is 3.42. The Bertz CT molecular complexity index is 320. The topological polar surface area (TPSA) is 12.0 Å². The van der Waals surface area contributed by atoms with Gasteiger partial charge in [0.05, 0.1) is 0 Å². The number of nitrogens with one attached hydrogen (secondary N) is 1. The molecule has 1 saturated carbocycles. The smallest absolute Gasteiger partial charge is 0.0438 e. The largest absolute Gasteiger partial charge is 0.314 e. The zero-order valence-electron chi connectivity index (χ0n) is 9.17. The number of rotatable bonds is 5. The molecule has 1 N–H and O–H groups in total. The van der Waals surface area contributed by atoms with Gasteiger partial charge < -0.3 is 5.32 Å². The molecule has 1 aromatic carbocycles. The summed E-state index contributed by atoms with van der Waals surface area (Å²) in [6.07, 6.45) is 3.82. The first-order chi connectivity index (χ1) is 7.31. The molecular weight excluding hydrogens is 206 g/mol. The fraction of sp³-hybridized carbons (Fsp3) is 0.538. The van der Waals surface area contributed by atoms with E-state index in [-0.39, 0.29) is 0 Å². The van der Waals surface area contributed by atoms with E-state index in [1.165, 1.54) is 18.4 Å². The molecule has 0 saturated heterocycles. The maximum absolute atomic E-state index is 6.17. The van der Waals surface area contributed by atoms with Crippen LogP contribution in [0.5, 0.6) is 0 Å². The van der Waals surface area contributed by atoms with Crippen molar-refractivity contribution in [1.29, 1.82) is 0 Å². The molecule has 0 aromatic heterocycles.